The Morgan fingerprint density at radius 3 is 2.24 bits per heavy atom. The molecule has 0 saturated carbocycles. The fourth-order valence-electron chi connectivity index (χ4n) is 1.25. The quantitative estimate of drug-likeness (QED) is 0.655. The number of hydrogen-bond donors (Lipinski definition) is 2. The predicted molar refractivity (Wildman–Crippen MR) is 53.1 cm³/mol. The van der Waals surface area contributed by atoms with Crippen molar-refractivity contribution >= 4 is 11.6 Å². The Morgan fingerprint density at radius 1 is 1.18 bits per heavy atom. The number of rotatable bonds is 3. The number of hydrogen-bond acceptors (Lipinski definition) is 2. The molecule has 2 atom stereocenters. The predicted octanol–water partition coefficient (Wildman–Crippen LogP) is 2.48. The van der Waals surface area contributed by atoms with Crippen molar-refractivity contribution in [2.24, 2.45) is 0 Å². The molecule has 0 radical (unpaired) electrons. The van der Waals surface area contributed by atoms with E-state index < -0.39 is 29.8 Å². The summed E-state index contributed by atoms with van der Waals surface area (Å²) >= 11 is 5.24. The third-order valence-electron chi connectivity index (χ3n) is 2.11. The van der Waals surface area contributed by atoms with Crippen LogP contribution in [0.5, 0.6) is 0 Å². The number of alkyl halides is 4. The highest BCUT2D eigenvalue weighted by Gasteiger charge is 2.32. The van der Waals surface area contributed by atoms with Gasteiger partial charge < -0.3 is 10.2 Å². The summed E-state index contributed by atoms with van der Waals surface area (Å²) in [6.07, 6.45) is -7.84. The van der Waals surface area contributed by atoms with Crippen molar-refractivity contribution in [2.75, 3.05) is 5.88 Å². The Balaban J connectivity index is 3.14. The summed E-state index contributed by atoms with van der Waals surface area (Å²) in [5.41, 5.74) is -1.60. The Bertz CT molecular complexity index is 394. The third kappa shape index (κ3) is 3.55. The highest BCUT2D eigenvalue weighted by Crippen LogP contribution is 2.32. The molecule has 0 spiro atoms. The smallest absolute Gasteiger partial charge is 0.389 e. The Kier molecular flexibility index (Phi) is 4.35. The molecule has 17 heavy (non-hydrogen) atoms. The van der Waals surface area contributed by atoms with Gasteiger partial charge in [0.2, 0.25) is 0 Å². The molecule has 0 bridgehead atoms. The van der Waals surface area contributed by atoms with Crippen LogP contribution in [0.2, 0.25) is 0 Å². The first-order valence-electron chi connectivity index (χ1n) is 4.55. The molecule has 0 aromatic heterocycles. The zero-order valence-electron chi connectivity index (χ0n) is 8.38. The number of halogens is 5. The van der Waals surface area contributed by atoms with Crippen molar-refractivity contribution in [3.63, 3.8) is 0 Å². The third-order valence-corrected chi connectivity index (χ3v) is 2.43. The minimum absolute atomic E-state index is 0.309. The second-order valence-electron chi connectivity index (χ2n) is 3.44. The van der Waals surface area contributed by atoms with E-state index in [2.05, 4.69) is 0 Å². The van der Waals surface area contributed by atoms with E-state index in [0.717, 1.165) is 6.07 Å². The fourth-order valence-corrected chi connectivity index (χ4v) is 1.42. The average molecular weight is 273 g/mol. The van der Waals surface area contributed by atoms with Crippen molar-refractivity contribution in [3.8, 4) is 0 Å². The van der Waals surface area contributed by atoms with E-state index in [4.69, 9.17) is 11.6 Å². The minimum Gasteiger partial charge on any atom is -0.389 e. The van der Waals surface area contributed by atoms with Gasteiger partial charge in [-0.25, -0.2) is 4.39 Å². The molecule has 96 valence electrons. The van der Waals surface area contributed by atoms with Gasteiger partial charge in [-0.15, -0.1) is 11.6 Å². The van der Waals surface area contributed by atoms with Crippen molar-refractivity contribution in [3.05, 3.63) is 35.1 Å². The highest BCUT2D eigenvalue weighted by molar-refractivity contribution is 6.18. The lowest BCUT2D eigenvalue weighted by Gasteiger charge is -2.17. The SMILES string of the molecule is OC(CCl)C(O)c1cc(F)cc(C(F)(F)F)c1. The summed E-state index contributed by atoms with van der Waals surface area (Å²) < 4.78 is 50.0. The summed E-state index contributed by atoms with van der Waals surface area (Å²) in [5.74, 6) is -1.52. The zero-order valence-corrected chi connectivity index (χ0v) is 9.13. The molecule has 0 aliphatic rings. The Hall–Kier alpha value is -0.850. The molecule has 1 rings (SSSR count). The van der Waals surface area contributed by atoms with E-state index in [-0.39, 0.29) is 11.4 Å². The van der Waals surface area contributed by atoms with Gasteiger partial charge in [-0.2, -0.15) is 13.2 Å². The number of aliphatic hydroxyl groups excluding tert-OH is 2. The van der Waals surface area contributed by atoms with Gasteiger partial charge in [-0.05, 0) is 23.8 Å². The van der Waals surface area contributed by atoms with Gasteiger partial charge in [-0.3, -0.25) is 0 Å². The summed E-state index contributed by atoms with van der Waals surface area (Å²) in [6.45, 7) is 0. The van der Waals surface area contributed by atoms with Gasteiger partial charge in [0, 0.05) is 0 Å². The van der Waals surface area contributed by atoms with Crippen LogP contribution in [-0.4, -0.2) is 22.2 Å². The van der Waals surface area contributed by atoms with Crippen LogP contribution in [-0.2, 0) is 6.18 Å². The molecule has 2 N–H and O–H groups in total. The van der Waals surface area contributed by atoms with Crippen LogP contribution >= 0.6 is 11.6 Å². The summed E-state index contributed by atoms with van der Waals surface area (Å²) in [5, 5.41) is 18.6. The van der Waals surface area contributed by atoms with E-state index in [1.807, 2.05) is 0 Å². The van der Waals surface area contributed by atoms with Crippen molar-refractivity contribution in [2.45, 2.75) is 18.4 Å². The second kappa shape index (κ2) is 5.20. The molecule has 1 aromatic carbocycles. The molecule has 2 nitrogen and oxygen atoms in total. The van der Waals surface area contributed by atoms with Gasteiger partial charge in [0.1, 0.15) is 11.9 Å². The van der Waals surface area contributed by atoms with Gasteiger partial charge >= 0.3 is 6.18 Å². The molecule has 2 unspecified atom stereocenters. The first-order valence-corrected chi connectivity index (χ1v) is 5.09. The summed E-state index contributed by atoms with van der Waals surface area (Å²) in [4.78, 5) is 0. The molecule has 0 aliphatic heterocycles. The van der Waals surface area contributed by atoms with Crippen LogP contribution in [0, 0.1) is 5.82 Å². The zero-order chi connectivity index (χ0) is 13.2. The van der Waals surface area contributed by atoms with Gasteiger partial charge in [0.15, 0.2) is 0 Å². The van der Waals surface area contributed by atoms with E-state index in [1.165, 1.54) is 0 Å². The second-order valence-corrected chi connectivity index (χ2v) is 3.75. The number of benzene rings is 1. The first kappa shape index (κ1) is 14.2. The van der Waals surface area contributed by atoms with E-state index >= 15 is 0 Å². The van der Waals surface area contributed by atoms with Gasteiger partial charge in [0.25, 0.3) is 0 Å². The lowest BCUT2D eigenvalue weighted by molar-refractivity contribution is -0.137. The fraction of sp³-hybridized carbons (Fsp3) is 0.400. The van der Waals surface area contributed by atoms with Crippen LogP contribution in [0.1, 0.15) is 17.2 Å². The topological polar surface area (TPSA) is 40.5 Å². The lowest BCUT2D eigenvalue weighted by Crippen LogP contribution is -2.20. The van der Waals surface area contributed by atoms with E-state index in [1.54, 1.807) is 0 Å². The van der Waals surface area contributed by atoms with E-state index in [9.17, 15) is 27.8 Å². The molecule has 0 fully saturated rings. The molecule has 7 heteroatoms. The Morgan fingerprint density at radius 2 is 1.76 bits per heavy atom. The van der Waals surface area contributed by atoms with Crippen LogP contribution < -0.4 is 0 Å². The Labute approximate surface area is 99.4 Å². The average Bonchev–Trinajstić information content (AvgIpc) is 2.25. The molecule has 0 amide bonds. The molecule has 1 aromatic rings. The minimum atomic E-state index is -4.72. The van der Waals surface area contributed by atoms with Crippen LogP contribution in [0.3, 0.4) is 0 Å². The van der Waals surface area contributed by atoms with Crippen molar-refractivity contribution < 1.29 is 27.8 Å². The standard InChI is InChI=1S/C10H9ClF4O2/c11-4-8(16)9(17)5-1-6(10(13,14)15)3-7(12)2-5/h1-3,8-9,16-17H,4H2. The van der Waals surface area contributed by atoms with E-state index in [0.29, 0.717) is 12.1 Å². The number of aliphatic hydroxyl groups is 2. The van der Waals surface area contributed by atoms with Gasteiger partial charge in [0.05, 0.1) is 17.5 Å². The first-order chi connectivity index (χ1) is 7.75. The van der Waals surface area contributed by atoms with Crippen LogP contribution in [0.4, 0.5) is 17.6 Å². The van der Waals surface area contributed by atoms with Crippen LogP contribution in [0.15, 0.2) is 18.2 Å². The summed E-state index contributed by atoms with van der Waals surface area (Å²) in [6, 6.07) is 1.60. The highest BCUT2D eigenvalue weighted by atomic mass is 35.5. The molecular formula is C10H9ClF4O2. The molecular weight excluding hydrogens is 264 g/mol. The maximum Gasteiger partial charge on any atom is 0.416 e. The lowest BCUT2D eigenvalue weighted by atomic mass is 10.0. The van der Waals surface area contributed by atoms with Crippen molar-refractivity contribution in [1.29, 1.82) is 0 Å². The molecule has 0 saturated heterocycles. The normalized spacial score (nSPS) is 15.7. The maximum atomic E-state index is 13.0. The van der Waals surface area contributed by atoms with Crippen LogP contribution in [0.25, 0.3) is 0 Å². The monoisotopic (exact) mass is 272 g/mol. The summed E-state index contributed by atoms with van der Waals surface area (Å²) in [7, 11) is 0. The van der Waals surface area contributed by atoms with Gasteiger partial charge in [-0.1, -0.05) is 0 Å². The molecule has 0 heterocycles. The maximum absolute atomic E-state index is 13.0. The molecule has 0 aliphatic carbocycles. The van der Waals surface area contributed by atoms with Crippen molar-refractivity contribution in [1.82, 2.24) is 0 Å². The largest absolute Gasteiger partial charge is 0.416 e.